The van der Waals surface area contributed by atoms with Gasteiger partial charge in [0.05, 0.1) is 16.7 Å². The Morgan fingerprint density at radius 3 is 2.33 bits per heavy atom. The minimum Gasteiger partial charge on any atom is -0.481 e. The second kappa shape index (κ2) is 6.22. The van der Waals surface area contributed by atoms with E-state index in [2.05, 4.69) is 10.3 Å². The summed E-state index contributed by atoms with van der Waals surface area (Å²) in [7, 11) is 0. The van der Waals surface area contributed by atoms with Gasteiger partial charge in [-0.2, -0.15) is 0 Å². The standard InChI is InChI=1S/C15H23N3O3/c1-14(2,13(20)21)9-15(3,4)18-12(19)10-5-6-11(7-16)17-8-10/h5-6,8H,7,9,16H2,1-4H3,(H,18,19)(H,20,21). The number of hydrogen-bond acceptors (Lipinski definition) is 4. The number of carboxylic acid groups (broad SMARTS) is 1. The van der Waals surface area contributed by atoms with Crippen molar-refractivity contribution in [3.05, 3.63) is 29.6 Å². The van der Waals surface area contributed by atoms with E-state index in [1.807, 2.05) is 0 Å². The number of carbonyl (C=O) groups excluding carboxylic acids is 1. The zero-order valence-corrected chi connectivity index (χ0v) is 12.9. The Balaban J connectivity index is 2.78. The van der Waals surface area contributed by atoms with E-state index in [0.717, 1.165) is 0 Å². The molecule has 1 heterocycles. The van der Waals surface area contributed by atoms with E-state index in [1.165, 1.54) is 6.20 Å². The molecular weight excluding hydrogens is 270 g/mol. The van der Waals surface area contributed by atoms with E-state index < -0.39 is 16.9 Å². The minimum atomic E-state index is -0.918. The normalized spacial score (nSPS) is 12.0. The topological polar surface area (TPSA) is 105 Å². The Hall–Kier alpha value is -1.95. The monoisotopic (exact) mass is 293 g/mol. The van der Waals surface area contributed by atoms with Crippen LogP contribution in [0.25, 0.3) is 0 Å². The van der Waals surface area contributed by atoms with Crippen molar-refractivity contribution < 1.29 is 14.7 Å². The van der Waals surface area contributed by atoms with Crippen LogP contribution in [0.5, 0.6) is 0 Å². The van der Waals surface area contributed by atoms with E-state index in [4.69, 9.17) is 5.73 Å². The molecule has 116 valence electrons. The van der Waals surface area contributed by atoms with Crippen molar-refractivity contribution in [3.8, 4) is 0 Å². The van der Waals surface area contributed by atoms with Crippen molar-refractivity contribution >= 4 is 11.9 Å². The summed E-state index contributed by atoms with van der Waals surface area (Å²) in [5.41, 5.74) is 5.02. The highest BCUT2D eigenvalue weighted by Gasteiger charge is 2.35. The second-order valence-corrected chi connectivity index (χ2v) is 6.45. The molecule has 21 heavy (non-hydrogen) atoms. The van der Waals surface area contributed by atoms with Crippen LogP contribution in [0.1, 0.15) is 50.2 Å². The number of nitrogens with two attached hydrogens (primary N) is 1. The van der Waals surface area contributed by atoms with Crippen LogP contribution >= 0.6 is 0 Å². The van der Waals surface area contributed by atoms with Crippen LogP contribution in [-0.2, 0) is 11.3 Å². The highest BCUT2D eigenvalue weighted by Crippen LogP contribution is 2.28. The number of nitrogens with zero attached hydrogens (tertiary/aromatic N) is 1. The fourth-order valence-electron chi connectivity index (χ4n) is 2.28. The predicted molar refractivity (Wildman–Crippen MR) is 79.7 cm³/mol. The van der Waals surface area contributed by atoms with Gasteiger partial charge in [0.1, 0.15) is 0 Å². The van der Waals surface area contributed by atoms with E-state index >= 15 is 0 Å². The highest BCUT2D eigenvalue weighted by molar-refractivity contribution is 5.94. The summed E-state index contributed by atoms with van der Waals surface area (Å²) in [6.45, 7) is 7.20. The number of aliphatic carboxylic acids is 1. The van der Waals surface area contributed by atoms with Crippen LogP contribution in [0.3, 0.4) is 0 Å². The van der Waals surface area contributed by atoms with Crippen LogP contribution in [0.2, 0.25) is 0 Å². The molecule has 0 radical (unpaired) electrons. The molecule has 0 fully saturated rings. The molecule has 6 heteroatoms. The third-order valence-electron chi connectivity index (χ3n) is 3.21. The van der Waals surface area contributed by atoms with Crippen LogP contribution in [0.4, 0.5) is 0 Å². The van der Waals surface area contributed by atoms with Crippen molar-refractivity contribution in [1.29, 1.82) is 0 Å². The maximum absolute atomic E-state index is 12.2. The number of amides is 1. The zero-order valence-electron chi connectivity index (χ0n) is 12.9. The van der Waals surface area contributed by atoms with Gasteiger partial charge in [-0.15, -0.1) is 0 Å². The fourth-order valence-corrected chi connectivity index (χ4v) is 2.28. The molecule has 0 aliphatic carbocycles. The van der Waals surface area contributed by atoms with Gasteiger partial charge in [0.15, 0.2) is 0 Å². The van der Waals surface area contributed by atoms with Gasteiger partial charge in [0.25, 0.3) is 5.91 Å². The van der Waals surface area contributed by atoms with Gasteiger partial charge >= 0.3 is 5.97 Å². The van der Waals surface area contributed by atoms with Crippen molar-refractivity contribution in [2.24, 2.45) is 11.1 Å². The first-order chi connectivity index (χ1) is 9.57. The van der Waals surface area contributed by atoms with E-state index in [0.29, 0.717) is 24.2 Å². The predicted octanol–water partition coefficient (Wildman–Crippen LogP) is 1.55. The Bertz CT molecular complexity index is 521. The maximum atomic E-state index is 12.2. The molecule has 1 aromatic rings. The van der Waals surface area contributed by atoms with Gasteiger partial charge in [0.2, 0.25) is 0 Å². The number of rotatable bonds is 6. The van der Waals surface area contributed by atoms with Gasteiger partial charge in [-0.3, -0.25) is 14.6 Å². The lowest BCUT2D eigenvalue weighted by molar-refractivity contribution is -0.148. The first-order valence-corrected chi connectivity index (χ1v) is 6.78. The molecule has 0 aromatic carbocycles. The lowest BCUT2D eigenvalue weighted by Gasteiger charge is -2.33. The summed E-state index contributed by atoms with van der Waals surface area (Å²) < 4.78 is 0. The molecule has 0 aliphatic heterocycles. The maximum Gasteiger partial charge on any atom is 0.309 e. The first kappa shape index (κ1) is 17.1. The van der Waals surface area contributed by atoms with Crippen LogP contribution in [-0.4, -0.2) is 27.5 Å². The number of hydrogen-bond donors (Lipinski definition) is 3. The molecule has 4 N–H and O–H groups in total. The number of pyridine rings is 1. The molecule has 0 unspecified atom stereocenters. The van der Waals surface area contributed by atoms with Gasteiger partial charge in [-0.1, -0.05) is 0 Å². The first-order valence-electron chi connectivity index (χ1n) is 6.78. The molecule has 0 bridgehead atoms. The van der Waals surface area contributed by atoms with Crippen LogP contribution in [0, 0.1) is 5.41 Å². The number of nitrogens with one attached hydrogen (secondary N) is 1. The summed E-state index contributed by atoms with van der Waals surface area (Å²) >= 11 is 0. The summed E-state index contributed by atoms with van der Waals surface area (Å²) in [5.74, 6) is -1.17. The number of carboxylic acids is 1. The molecule has 0 saturated carbocycles. The van der Waals surface area contributed by atoms with Crippen molar-refractivity contribution in [2.45, 2.75) is 46.2 Å². The van der Waals surface area contributed by atoms with Gasteiger partial charge in [-0.25, -0.2) is 0 Å². The quantitative estimate of drug-likeness (QED) is 0.738. The molecule has 0 spiro atoms. The zero-order chi connectivity index (χ0) is 16.3. The summed E-state index contributed by atoms with van der Waals surface area (Å²) in [6, 6.07) is 3.35. The Kier molecular flexibility index (Phi) is 5.06. The summed E-state index contributed by atoms with van der Waals surface area (Å²) in [6.07, 6.45) is 1.78. The van der Waals surface area contributed by atoms with Gasteiger partial charge < -0.3 is 16.2 Å². The molecule has 0 saturated heterocycles. The fraction of sp³-hybridized carbons (Fsp3) is 0.533. The smallest absolute Gasteiger partial charge is 0.309 e. The van der Waals surface area contributed by atoms with E-state index in [9.17, 15) is 14.7 Å². The van der Waals surface area contributed by atoms with Crippen LogP contribution in [0.15, 0.2) is 18.3 Å². The SMILES string of the molecule is CC(C)(CC(C)(C)C(=O)O)NC(=O)c1ccc(CN)nc1. The van der Waals surface area contributed by atoms with E-state index in [1.54, 1.807) is 39.8 Å². The lowest BCUT2D eigenvalue weighted by Crippen LogP contribution is -2.47. The van der Waals surface area contributed by atoms with E-state index in [-0.39, 0.29) is 5.91 Å². The largest absolute Gasteiger partial charge is 0.481 e. The Morgan fingerprint density at radius 2 is 1.90 bits per heavy atom. The molecule has 1 rings (SSSR count). The lowest BCUT2D eigenvalue weighted by atomic mass is 9.80. The molecule has 6 nitrogen and oxygen atoms in total. The molecule has 1 aromatic heterocycles. The Labute approximate surface area is 124 Å². The second-order valence-electron chi connectivity index (χ2n) is 6.45. The third-order valence-corrected chi connectivity index (χ3v) is 3.21. The Morgan fingerprint density at radius 1 is 1.29 bits per heavy atom. The van der Waals surface area contributed by atoms with Gasteiger partial charge in [-0.05, 0) is 46.2 Å². The number of carbonyl (C=O) groups is 2. The highest BCUT2D eigenvalue weighted by atomic mass is 16.4. The minimum absolute atomic E-state index is 0.280. The molecule has 1 amide bonds. The average molecular weight is 293 g/mol. The van der Waals surface area contributed by atoms with Crippen molar-refractivity contribution in [1.82, 2.24) is 10.3 Å². The molecule has 0 atom stereocenters. The average Bonchev–Trinajstić information content (AvgIpc) is 2.36. The summed E-state index contributed by atoms with van der Waals surface area (Å²) in [4.78, 5) is 27.4. The summed E-state index contributed by atoms with van der Waals surface area (Å²) in [5, 5.41) is 12.0. The van der Waals surface area contributed by atoms with Crippen molar-refractivity contribution in [2.75, 3.05) is 0 Å². The molecular formula is C15H23N3O3. The number of aromatic nitrogens is 1. The van der Waals surface area contributed by atoms with Crippen LogP contribution < -0.4 is 11.1 Å². The van der Waals surface area contributed by atoms with Gasteiger partial charge in [0, 0.05) is 18.3 Å². The van der Waals surface area contributed by atoms with Crippen molar-refractivity contribution in [3.63, 3.8) is 0 Å². The molecule has 0 aliphatic rings. The third kappa shape index (κ3) is 4.82.